The van der Waals surface area contributed by atoms with E-state index in [1.165, 1.54) is 0 Å². The number of thiazole rings is 1. The molecule has 1 aliphatic carbocycles. The van der Waals surface area contributed by atoms with E-state index in [4.69, 9.17) is 0 Å². The maximum absolute atomic E-state index is 12.4. The monoisotopic (exact) mass is 402 g/mol. The molecule has 1 saturated carbocycles. The molecule has 5 rings (SSSR count). The Morgan fingerprint density at radius 3 is 2.62 bits per heavy atom. The number of nitrogens with zero attached hydrogens (tertiary/aromatic N) is 5. The zero-order valence-corrected chi connectivity index (χ0v) is 16.3. The smallest absolute Gasteiger partial charge is 0.230 e. The lowest BCUT2D eigenvalue weighted by Gasteiger charge is -2.06. The van der Waals surface area contributed by atoms with Crippen LogP contribution in [0.4, 0.5) is 5.69 Å². The van der Waals surface area contributed by atoms with E-state index in [2.05, 4.69) is 25.8 Å². The van der Waals surface area contributed by atoms with Crippen molar-refractivity contribution in [3.63, 3.8) is 0 Å². The Hall–Kier alpha value is -3.39. The highest BCUT2D eigenvalue weighted by molar-refractivity contribution is 7.13. The van der Waals surface area contributed by atoms with Crippen molar-refractivity contribution in [1.82, 2.24) is 25.2 Å². The summed E-state index contributed by atoms with van der Waals surface area (Å²) >= 11 is 1.55. The second-order valence-corrected chi connectivity index (χ2v) is 7.85. The number of carbonyl (C=O) groups excluding carboxylic acids is 1. The first-order valence-electron chi connectivity index (χ1n) is 9.44. The fraction of sp³-hybridized carbons (Fsp3) is 0.190. The van der Waals surface area contributed by atoms with Crippen molar-refractivity contribution < 1.29 is 4.79 Å². The molecule has 1 fully saturated rings. The van der Waals surface area contributed by atoms with Gasteiger partial charge in [-0.25, -0.2) is 9.67 Å². The van der Waals surface area contributed by atoms with Crippen molar-refractivity contribution in [3.8, 4) is 22.0 Å². The number of tetrazole rings is 1. The summed E-state index contributed by atoms with van der Waals surface area (Å²) in [5.74, 6) is 0.673. The van der Waals surface area contributed by atoms with Crippen LogP contribution in [0.3, 0.4) is 0 Å². The van der Waals surface area contributed by atoms with Gasteiger partial charge < -0.3 is 5.32 Å². The first-order chi connectivity index (χ1) is 14.3. The number of amides is 1. The van der Waals surface area contributed by atoms with Gasteiger partial charge in [0.25, 0.3) is 0 Å². The predicted octanol–water partition coefficient (Wildman–Crippen LogP) is 3.98. The molecule has 2 aromatic carbocycles. The van der Waals surface area contributed by atoms with Crippen LogP contribution in [0.5, 0.6) is 0 Å². The summed E-state index contributed by atoms with van der Waals surface area (Å²) in [5, 5.41) is 17.8. The van der Waals surface area contributed by atoms with E-state index in [1.54, 1.807) is 11.3 Å². The molecule has 0 unspecified atom stereocenters. The Bertz CT molecular complexity index is 1130. The lowest BCUT2D eigenvalue weighted by atomic mass is 10.2. The molecule has 0 radical (unpaired) electrons. The highest BCUT2D eigenvalue weighted by Gasteiger charge is 2.28. The van der Waals surface area contributed by atoms with Gasteiger partial charge in [-0.05, 0) is 47.5 Å². The Balaban J connectivity index is 1.23. The van der Waals surface area contributed by atoms with Crippen molar-refractivity contribution in [2.75, 3.05) is 5.32 Å². The summed E-state index contributed by atoms with van der Waals surface area (Å²) in [6.07, 6.45) is 2.48. The minimum absolute atomic E-state index is 0.0922. The van der Waals surface area contributed by atoms with Crippen LogP contribution in [0.25, 0.3) is 22.0 Å². The maximum Gasteiger partial charge on any atom is 0.230 e. The van der Waals surface area contributed by atoms with Gasteiger partial charge in [0.2, 0.25) is 5.91 Å². The minimum Gasteiger partial charge on any atom is -0.326 e. The van der Waals surface area contributed by atoms with Crippen LogP contribution in [0.1, 0.15) is 24.6 Å². The third-order valence-corrected chi connectivity index (χ3v) is 5.67. The molecule has 0 saturated heterocycles. The number of carbonyl (C=O) groups is 1. The van der Waals surface area contributed by atoms with Gasteiger partial charge in [-0.2, -0.15) is 0 Å². The molecule has 1 amide bonds. The number of hydrogen-bond acceptors (Lipinski definition) is 6. The van der Waals surface area contributed by atoms with Gasteiger partial charge in [0.05, 0.1) is 18.2 Å². The van der Waals surface area contributed by atoms with Crippen LogP contribution in [0.15, 0.2) is 60.0 Å². The summed E-state index contributed by atoms with van der Waals surface area (Å²) in [6, 6.07) is 18.0. The van der Waals surface area contributed by atoms with Crippen LogP contribution < -0.4 is 5.32 Å². The molecule has 1 N–H and O–H groups in total. The molecule has 2 aromatic heterocycles. The van der Waals surface area contributed by atoms with Gasteiger partial charge >= 0.3 is 0 Å². The van der Waals surface area contributed by atoms with E-state index in [9.17, 15) is 4.79 Å². The van der Waals surface area contributed by atoms with Gasteiger partial charge in [0.1, 0.15) is 5.01 Å². The van der Waals surface area contributed by atoms with Gasteiger partial charge in [-0.3, -0.25) is 4.79 Å². The SMILES string of the molecule is O=C(Cc1csc(-c2ccccc2)n1)Nc1ccc(-c2nnnn2C2CC2)cc1. The third-order valence-electron chi connectivity index (χ3n) is 4.73. The van der Waals surface area contributed by atoms with Crippen LogP contribution in [0, 0.1) is 0 Å². The predicted molar refractivity (Wildman–Crippen MR) is 111 cm³/mol. The first kappa shape index (κ1) is 17.7. The van der Waals surface area contributed by atoms with Crippen LogP contribution in [-0.4, -0.2) is 31.1 Å². The molecule has 8 heteroatoms. The number of anilines is 1. The molecular formula is C21H18N6OS. The molecular weight excluding hydrogens is 384 g/mol. The summed E-state index contributed by atoms with van der Waals surface area (Å²) in [5.41, 5.74) is 3.51. The van der Waals surface area contributed by atoms with E-state index >= 15 is 0 Å². The molecule has 0 spiro atoms. The summed E-state index contributed by atoms with van der Waals surface area (Å²) < 4.78 is 1.88. The molecule has 29 heavy (non-hydrogen) atoms. The molecule has 144 valence electrons. The average Bonchev–Trinajstić information content (AvgIpc) is 3.29. The van der Waals surface area contributed by atoms with Gasteiger partial charge in [-0.15, -0.1) is 16.4 Å². The number of hydrogen-bond donors (Lipinski definition) is 1. The molecule has 4 aromatic rings. The Kier molecular flexibility index (Phi) is 4.61. The topological polar surface area (TPSA) is 85.6 Å². The summed E-state index contributed by atoms with van der Waals surface area (Å²) in [4.78, 5) is 17.0. The molecule has 0 aliphatic heterocycles. The van der Waals surface area contributed by atoms with Crippen LogP contribution in [0.2, 0.25) is 0 Å². The number of rotatable bonds is 6. The van der Waals surface area contributed by atoms with E-state index in [1.807, 2.05) is 64.7 Å². The quantitative estimate of drug-likeness (QED) is 0.527. The zero-order valence-electron chi connectivity index (χ0n) is 15.5. The average molecular weight is 402 g/mol. The highest BCUT2D eigenvalue weighted by atomic mass is 32.1. The molecule has 1 aliphatic rings. The third kappa shape index (κ3) is 3.93. The van der Waals surface area contributed by atoms with Crippen molar-refractivity contribution in [2.45, 2.75) is 25.3 Å². The largest absolute Gasteiger partial charge is 0.326 e. The van der Waals surface area contributed by atoms with Crippen LogP contribution >= 0.6 is 11.3 Å². The van der Waals surface area contributed by atoms with E-state index < -0.39 is 0 Å². The van der Waals surface area contributed by atoms with Gasteiger partial charge in [0, 0.05) is 22.2 Å². The second-order valence-electron chi connectivity index (χ2n) is 6.99. The maximum atomic E-state index is 12.4. The molecule has 2 heterocycles. The van der Waals surface area contributed by atoms with Crippen molar-refractivity contribution in [2.24, 2.45) is 0 Å². The summed E-state index contributed by atoms with van der Waals surface area (Å²) in [7, 11) is 0. The molecule has 7 nitrogen and oxygen atoms in total. The fourth-order valence-corrected chi connectivity index (χ4v) is 3.95. The molecule has 0 atom stereocenters. The second kappa shape index (κ2) is 7.56. The number of aromatic nitrogens is 5. The van der Waals surface area contributed by atoms with Crippen molar-refractivity contribution in [3.05, 3.63) is 65.7 Å². The van der Waals surface area contributed by atoms with Crippen molar-refractivity contribution in [1.29, 1.82) is 0 Å². The van der Waals surface area contributed by atoms with Gasteiger partial charge in [0.15, 0.2) is 5.82 Å². The number of nitrogens with one attached hydrogen (secondary N) is 1. The Morgan fingerprint density at radius 1 is 1.07 bits per heavy atom. The lowest BCUT2D eigenvalue weighted by Crippen LogP contribution is -2.14. The minimum atomic E-state index is -0.0922. The van der Waals surface area contributed by atoms with Gasteiger partial charge in [-0.1, -0.05) is 30.3 Å². The van der Waals surface area contributed by atoms with E-state index in [0.717, 1.165) is 46.2 Å². The lowest BCUT2D eigenvalue weighted by molar-refractivity contribution is -0.115. The highest BCUT2D eigenvalue weighted by Crippen LogP contribution is 2.36. The Labute approximate surface area is 171 Å². The standard InChI is InChI=1S/C21H18N6OS/c28-19(12-17-13-29-21(23-17)15-4-2-1-3-5-15)22-16-8-6-14(7-9-16)20-24-25-26-27(20)18-10-11-18/h1-9,13,18H,10-12H2,(H,22,28). The van der Waals surface area contributed by atoms with E-state index in [0.29, 0.717) is 6.04 Å². The molecule has 0 bridgehead atoms. The first-order valence-corrected chi connectivity index (χ1v) is 10.3. The summed E-state index contributed by atoms with van der Waals surface area (Å²) in [6.45, 7) is 0. The normalized spacial score (nSPS) is 13.4. The zero-order chi connectivity index (χ0) is 19.6. The Morgan fingerprint density at radius 2 is 1.86 bits per heavy atom. The van der Waals surface area contributed by atoms with Crippen molar-refractivity contribution >= 4 is 22.9 Å². The fourth-order valence-electron chi connectivity index (χ4n) is 3.12. The number of benzene rings is 2. The van der Waals surface area contributed by atoms with E-state index in [-0.39, 0.29) is 12.3 Å². The van der Waals surface area contributed by atoms with Crippen LogP contribution in [-0.2, 0) is 11.2 Å².